The third kappa shape index (κ3) is 4.67. The Kier molecular flexibility index (Phi) is 6.43. The van der Waals surface area contributed by atoms with E-state index in [1.165, 1.54) is 10.8 Å². The van der Waals surface area contributed by atoms with Crippen LogP contribution in [0.5, 0.6) is 0 Å². The van der Waals surface area contributed by atoms with E-state index in [1.54, 1.807) is 0 Å². The van der Waals surface area contributed by atoms with Crippen molar-refractivity contribution < 1.29 is 19.7 Å². The molecule has 1 aromatic heterocycles. The lowest BCUT2D eigenvalue weighted by Gasteiger charge is -2.15. The first-order valence-corrected chi connectivity index (χ1v) is 10.1. The summed E-state index contributed by atoms with van der Waals surface area (Å²) in [6.45, 7) is -0.0706. The van der Waals surface area contributed by atoms with Crippen molar-refractivity contribution in [3.63, 3.8) is 0 Å². The fourth-order valence-corrected chi connectivity index (χ4v) is 3.71. The lowest BCUT2D eigenvalue weighted by molar-refractivity contribution is -0.0461. The smallest absolute Gasteiger partial charge is 0.330 e. The first-order chi connectivity index (χ1) is 15.1. The van der Waals surface area contributed by atoms with Crippen LogP contribution in [0.3, 0.4) is 0 Å². The second-order valence-electron chi connectivity index (χ2n) is 7.45. The lowest BCUT2D eigenvalue weighted by atomic mass is 10.0. The first-order valence-electron chi connectivity index (χ1n) is 10.1. The summed E-state index contributed by atoms with van der Waals surface area (Å²) in [5.41, 5.74) is 2.19. The Hall–Kier alpha value is -3.04. The minimum absolute atomic E-state index is 0.00254. The highest BCUT2D eigenvalue weighted by Gasteiger charge is 2.35. The predicted octanol–water partition coefficient (Wildman–Crippen LogP) is 1.56. The normalized spacial score (nSPS) is 20.8. The summed E-state index contributed by atoms with van der Waals surface area (Å²) in [5, 5.41) is 19.2. The highest BCUT2D eigenvalue weighted by Crippen LogP contribution is 2.27. The molecule has 0 amide bonds. The molecule has 3 aromatic rings. The molecule has 8 nitrogen and oxygen atoms in total. The number of nitrogens with zero attached hydrogens (tertiary/aromatic N) is 1. The molecule has 1 fully saturated rings. The first kappa shape index (κ1) is 21.2. The SMILES string of the molecule is O=c1[nH]c(=O)n([C@H]2C[C@H](O)[C@@H](CO)O2)cc1COCc1ccccc1-c1ccccc1. The largest absolute Gasteiger partial charge is 0.394 e. The van der Waals surface area contributed by atoms with Crippen LogP contribution in [-0.4, -0.2) is 38.6 Å². The fourth-order valence-electron chi connectivity index (χ4n) is 3.71. The zero-order valence-electron chi connectivity index (χ0n) is 16.8. The molecule has 2 aromatic carbocycles. The molecular formula is C23H24N2O6. The fraction of sp³-hybridized carbons (Fsp3) is 0.304. The van der Waals surface area contributed by atoms with Crippen LogP contribution in [0.15, 0.2) is 70.4 Å². The van der Waals surface area contributed by atoms with Crippen molar-refractivity contribution in [1.82, 2.24) is 9.55 Å². The second kappa shape index (κ2) is 9.40. The Bertz CT molecular complexity index is 1140. The van der Waals surface area contributed by atoms with Crippen molar-refractivity contribution in [3.8, 4) is 11.1 Å². The number of aromatic amines is 1. The van der Waals surface area contributed by atoms with Gasteiger partial charge in [-0.3, -0.25) is 14.3 Å². The third-order valence-electron chi connectivity index (χ3n) is 5.35. The Morgan fingerprint density at radius 2 is 1.74 bits per heavy atom. The van der Waals surface area contributed by atoms with E-state index in [9.17, 15) is 19.8 Å². The molecule has 1 saturated heterocycles. The molecule has 3 N–H and O–H groups in total. The van der Waals surface area contributed by atoms with Crippen molar-refractivity contribution in [2.45, 2.75) is 38.1 Å². The Morgan fingerprint density at radius 1 is 1.03 bits per heavy atom. The number of hydrogen-bond donors (Lipinski definition) is 3. The quantitative estimate of drug-likeness (QED) is 0.531. The summed E-state index contributed by atoms with van der Waals surface area (Å²) >= 11 is 0. The van der Waals surface area contributed by atoms with E-state index in [0.717, 1.165) is 16.7 Å². The van der Waals surface area contributed by atoms with Gasteiger partial charge < -0.3 is 19.7 Å². The predicted molar refractivity (Wildman–Crippen MR) is 113 cm³/mol. The number of nitrogens with one attached hydrogen (secondary N) is 1. The maximum absolute atomic E-state index is 12.2. The number of aromatic nitrogens is 2. The molecule has 31 heavy (non-hydrogen) atoms. The van der Waals surface area contributed by atoms with Gasteiger partial charge in [-0.1, -0.05) is 54.6 Å². The van der Waals surface area contributed by atoms with E-state index in [0.29, 0.717) is 0 Å². The zero-order valence-corrected chi connectivity index (χ0v) is 16.8. The van der Waals surface area contributed by atoms with Crippen LogP contribution >= 0.6 is 0 Å². The van der Waals surface area contributed by atoms with E-state index in [4.69, 9.17) is 9.47 Å². The van der Waals surface area contributed by atoms with Crippen LogP contribution in [-0.2, 0) is 22.7 Å². The van der Waals surface area contributed by atoms with Crippen LogP contribution in [0.25, 0.3) is 11.1 Å². The molecule has 0 bridgehead atoms. The van der Waals surface area contributed by atoms with Crippen LogP contribution in [0.4, 0.5) is 0 Å². The molecule has 0 spiro atoms. The Labute approximate surface area is 178 Å². The number of aliphatic hydroxyl groups is 2. The minimum Gasteiger partial charge on any atom is -0.394 e. The number of aliphatic hydroxyl groups excluding tert-OH is 2. The standard InChI is InChI=1S/C23H24N2O6/c26-12-20-19(27)10-21(31-20)25-11-17(22(28)24-23(25)29)14-30-13-16-8-4-5-9-18(16)15-6-2-1-3-7-15/h1-9,11,19-21,26-27H,10,12-14H2,(H,24,28,29)/t19-,20+,21+/m0/s1. The van der Waals surface area contributed by atoms with Gasteiger partial charge in [0.15, 0.2) is 0 Å². The van der Waals surface area contributed by atoms with Crippen molar-refractivity contribution in [3.05, 3.63) is 92.8 Å². The van der Waals surface area contributed by atoms with Crippen molar-refractivity contribution >= 4 is 0 Å². The van der Waals surface area contributed by atoms with Gasteiger partial charge in [-0.05, 0) is 16.7 Å². The molecule has 162 valence electrons. The average molecular weight is 424 g/mol. The number of hydrogen-bond acceptors (Lipinski definition) is 6. The third-order valence-corrected chi connectivity index (χ3v) is 5.35. The molecular weight excluding hydrogens is 400 g/mol. The van der Waals surface area contributed by atoms with Crippen LogP contribution in [0, 0.1) is 0 Å². The highest BCUT2D eigenvalue weighted by molar-refractivity contribution is 5.67. The number of H-pyrrole nitrogens is 1. The monoisotopic (exact) mass is 424 g/mol. The van der Waals surface area contributed by atoms with Gasteiger partial charge in [-0.25, -0.2) is 4.79 Å². The van der Waals surface area contributed by atoms with Gasteiger partial charge >= 0.3 is 5.69 Å². The van der Waals surface area contributed by atoms with Gasteiger partial charge in [-0.15, -0.1) is 0 Å². The second-order valence-corrected chi connectivity index (χ2v) is 7.45. The maximum atomic E-state index is 12.2. The number of rotatable bonds is 7. The summed E-state index contributed by atoms with van der Waals surface area (Å²) in [4.78, 5) is 26.7. The highest BCUT2D eigenvalue weighted by atomic mass is 16.5. The van der Waals surface area contributed by atoms with Gasteiger partial charge in [0.2, 0.25) is 0 Å². The van der Waals surface area contributed by atoms with Crippen molar-refractivity contribution in [1.29, 1.82) is 0 Å². The Balaban J connectivity index is 1.49. The molecule has 3 atom stereocenters. The summed E-state index contributed by atoms with van der Waals surface area (Å²) in [7, 11) is 0. The molecule has 0 saturated carbocycles. The van der Waals surface area contributed by atoms with E-state index in [2.05, 4.69) is 4.98 Å². The van der Waals surface area contributed by atoms with Crippen LogP contribution in [0.1, 0.15) is 23.8 Å². The van der Waals surface area contributed by atoms with Crippen molar-refractivity contribution in [2.75, 3.05) is 6.61 Å². The minimum atomic E-state index is -0.886. The molecule has 2 heterocycles. The summed E-state index contributed by atoms with van der Waals surface area (Å²) in [6.07, 6.45) is -0.890. The number of ether oxygens (including phenoxy) is 2. The van der Waals surface area contributed by atoms with Crippen LogP contribution < -0.4 is 11.2 Å². The van der Waals surface area contributed by atoms with Gasteiger partial charge in [0.05, 0.1) is 31.5 Å². The van der Waals surface area contributed by atoms with Gasteiger partial charge in [0.1, 0.15) is 12.3 Å². The van der Waals surface area contributed by atoms with Gasteiger partial charge in [0.25, 0.3) is 5.56 Å². The van der Waals surface area contributed by atoms with E-state index >= 15 is 0 Å². The van der Waals surface area contributed by atoms with Gasteiger partial charge in [0, 0.05) is 12.6 Å². The molecule has 8 heteroatoms. The Morgan fingerprint density at radius 3 is 2.48 bits per heavy atom. The molecule has 0 aliphatic carbocycles. The van der Waals surface area contributed by atoms with Crippen molar-refractivity contribution in [2.24, 2.45) is 0 Å². The topological polar surface area (TPSA) is 114 Å². The zero-order chi connectivity index (χ0) is 21.8. The van der Waals surface area contributed by atoms with E-state index < -0.39 is 29.7 Å². The maximum Gasteiger partial charge on any atom is 0.330 e. The van der Waals surface area contributed by atoms with E-state index in [1.807, 2.05) is 54.6 Å². The summed E-state index contributed by atoms with van der Waals surface area (Å²) in [6, 6.07) is 17.8. The molecule has 0 radical (unpaired) electrons. The molecule has 4 rings (SSSR count). The molecule has 1 aliphatic heterocycles. The van der Waals surface area contributed by atoms with Crippen LogP contribution in [0.2, 0.25) is 0 Å². The molecule has 1 aliphatic rings. The van der Waals surface area contributed by atoms with E-state index in [-0.39, 0.29) is 31.8 Å². The van der Waals surface area contributed by atoms with Gasteiger partial charge in [-0.2, -0.15) is 0 Å². The molecule has 0 unspecified atom stereocenters. The summed E-state index contributed by atoms with van der Waals surface area (Å²) in [5.74, 6) is 0. The average Bonchev–Trinajstić information content (AvgIpc) is 3.16. The number of benzene rings is 2. The summed E-state index contributed by atoms with van der Waals surface area (Å²) < 4.78 is 12.5. The lowest BCUT2D eigenvalue weighted by Crippen LogP contribution is -2.34.